The van der Waals surface area contributed by atoms with Gasteiger partial charge in [0.1, 0.15) is 0 Å². The van der Waals surface area contributed by atoms with Gasteiger partial charge in [0.25, 0.3) is 0 Å². The second-order valence-corrected chi connectivity index (χ2v) is 5.26. The fraction of sp³-hybridized carbons (Fsp3) is 0.600. The summed E-state index contributed by atoms with van der Waals surface area (Å²) in [7, 11) is 0. The third-order valence-corrected chi connectivity index (χ3v) is 3.76. The van der Waals surface area contributed by atoms with Crippen LogP contribution in [0.5, 0.6) is 0 Å². The van der Waals surface area contributed by atoms with Gasteiger partial charge in [-0.05, 0) is 36.9 Å². The molecular formula is C15H20F3N. The van der Waals surface area contributed by atoms with Crippen LogP contribution in [0.2, 0.25) is 0 Å². The van der Waals surface area contributed by atoms with E-state index in [4.69, 9.17) is 0 Å². The van der Waals surface area contributed by atoms with Crippen LogP contribution < -0.4 is 5.32 Å². The molecule has 1 saturated heterocycles. The first kappa shape index (κ1) is 14.4. The topological polar surface area (TPSA) is 12.0 Å². The minimum Gasteiger partial charge on any atom is -0.310 e. The predicted octanol–water partition coefficient (Wildman–Crippen LogP) is 4.24. The van der Waals surface area contributed by atoms with Gasteiger partial charge in [0.05, 0.1) is 5.92 Å². The molecule has 4 heteroatoms. The van der Waals surface area contributed by atoms with Gasteiger partial charge in [-0.1, -0.05) is 37.6 Å². The van der Waals surface area contributed by atoms with Gasteiger partial charge in [0.2, 0.25) is 0 Å². The Balaban J connectivity index is 2.10. The predicted molar refractivity (Wildman–Crippen MR) is 70.0 cm³/mol. The summed E-state index contributed by atoms with van der Waals surface area (Å²) in [6, 6.07) is 7.78. The summed E-state index contributed by atoms with van der Waals surface area (Å²) in [5.74, 6) is -1.17. The number of hydrogen-bond donors (Lipinski definition) is 1. The molecule has 1 heterocycles. The zero-order valence-corrected chi connectivity index (χ0v) is 11.1. The molecule has 0 aliphatic carbocycles. The highest BCUT2D eigenvalue weighted by Gasteiger charge is 2.42. The molecule has 106 valence electrons. The maximum absolute atomic E-state index is 12.8. The number of piperidine rings is 1. The molecule has 1 fully saturated rings. The molecule has 0 amide bonds. The molecule has 0 spiro atoms. The minimum absolute atomic E-state index is 0.152. The first-order chi connectivity index (χ1) is 9.00. The van der Waals surface area contributed by atoms with E-state index in [1.54, 1.807) is 0 Å². The van der Waals surface area contributed by atoms with Crippen molar-refractivity contribution in [2.45, 2.75) is 44.8 Å². The highest BCUT2D eigenvalue weighted by atomic mass is 19.4. The van der Waals surface area contributed by atoms with Crippen LogP contribution in [0.1, 0.15) is 43.4 Å². The van der Waals surface area contributed by atoms with Gasteiger partial charge < -0.3 is 5.32 Å². The van der Waals surface area contributed by atoms with E-state index >= 15 is 0 Å². The third-order valence-electron chi connectivity index (χ3n) is 3.76. The normalized spacial score (nSPS) is 24.4. The van der Waals surface area contributed by atoms with Gasteiger partial charge in [0.15, 0.2) is 0 Å². The molecule has 2 unspecified atom stereocenters. The maximum atomic E-state index is 12.8. The quantitative estimate of drug-likeness (QED) is 0.867. The highest BCUT2D eigenvalue weighted by Crippen LogP contribution is 2.38. The summed E-state index contributed by atoms with van der Waals surface area (Å²) in [5.41, 5.74) is 2.19. The number of hydrogen-bond acceptors (Lipinski definition) is 1. The first-order valence-corrected chi connectivity index (χ1v) is 6.89. The fourth-order valence-electron chi connectivity index (χ4n) is 2.72. The van der Waals surface area contributed by atoms with E-state index in [2.05, 4.69) is 12.2 Å². The van der Waals surface area contributed by atoms with Crippen molar-refractivity contribution in [2.75, 3.05) is 6.54 Å². The van der Waals surface area contributed by atoms with Crippen LogP contribution in [-0.2, 0) is 6.42 Å². The number of alkyl halides is 3. The molecule has 1 nitrogen and oxygen atoms in total. The van der Waals surface area contributed by atoms with Crippen LogP contribution >= 0.6 is 0 Å². The molecule has 1 aromatic carbocycles. The molecule has 0 bridgehead atoms. The molecule has 2 rings (SSSR count). The number of nitrogens with one attached hydrogen (secondary N) is 1. The van der Waals surface area contributed by atoms with E-state index in [-0.39, 0.29) is 18.9 Å². The molecule has 0 saturated carbocycles. The second kappa shape index (κ2) is 5.95. The zero-order valence-electron chi connectivity index (χ0n) is 11.1. The third kappa shape index (κ3) is 3.72. The Morgan fingerprint density at radius 3 is 2.79 bits per heavy atom. The van der Waals surface area contributed by atoms with Gasteiger partial charge in [0, 0.05) is 6.04 Å². The van der Waals surface area contributed by atoms with E-state index in [0.29, 0.717) is 6.54 Å². The molecule has 2 atom stereocenters. The average Bonchev–Trinajstić information content (AvgIpc) is 2.39. The van der Waals surface area contributed by atoms with E-state index < -0.39 is 12.1 Å². The molecule has 1 aromatic rings. The van der Waals surface area contributed by atoms with Gasteiger partial charge in [-0.25, -0.2) is 0 Å². The Morgan fingerprint density at radius 2 is 2.11 bits per heavy atom. The van der Waals surface area contributed by atoms with Crippen molar-refractivity contribution in [1.82, 2.24) is 5.32 Å². The SMILES string of the molecule is CCCc1cccc(C2CC(C(F)(F)F)CCN2)c1. The van der Waals surface area contributed by atoms with E-state index in [9.17, 15) is 13.2 Å². The average molecular weight is 271 g/mol. The zero-order chi connectivity index (χ0) is 13.9. The van der Waals surface area contributed by atoms with Gasteiger partial charge in [-0.2, -0.15) is 13.2 Å². The lowest BCUT2D eigenvalue weighted by molar-refractivity contribution is -0.183. The van der Waals surface area contributed by atoms with Crippen LogP contribution in [0.3, 0.4) is 0 Å². The lowest BCUT2D eigenvalue weighted by Crippen LogP contribution is -2.38. The summed E-state index contributed by atoms with van der Waals surface area (Å²) in [6.45, 7) is 2.54. The van der Waals surface area contributed by atoms with Gasteiger partial charge >= 0.3 is 6.18 Å². The van der Waals surface area contributed by atoms with Gasteiger partial charge in [-0.15, -0.1) is 0 Å². The smallest absolute Gasteiger partial charge is 0.310 e. The number of halogens is 3. The standard InChI is InChI=1S/C15H20F3N/c1-2-4-11-5-3-6-12(9-11)14-10-13(7-8-19-14)15(16,17)18/h3,5-6,9,13-14,19H,2,4,7-8,10H2,1H3. The van der Waals surface area contributed by atoms with Crippen molar-refractivity contribution < 1.29 is 13.2 Å². The fourth-order valence-corrected chi connectivity index (χ4v) is 2.72. The Kier molecular flexibility index (Phi) is 4.50. The number of aryl methyl sites for hydroxylation is 1. The van der Waals surface area contributed by atoms with Gasteiger partial charge in [-0.3, -0.25) is 0 Å². The maximum Gasteiger partial charge on any atom is 0.391 e. The van der Waals surface area contributed by atoms with Crippen LogP contribution in [0.25, 0.3) is 0 Å². The summed E-state index contributed by atoms with van der Waals surface area (Å²) in [6.07, 6.45) is -1.70. The number of benzene rings is 1. The molecule has 1 N–H and O–H groups in total. The Hall–Kier alpha value is -1.03. The Morgan fingerprint density at radius 1 is 1.32 bits per heavy atom. The molecule has 19 heavy (non-hydrogen) atoms. The first-order valence-electron chi connectivity index (χ1n) is 6.89. The molecule has 0 radical (unpaired) electrons. The van der Waals surface area contributed by atoms with Crippen LogP contribution in [0.15, 0.2) is 24.3 Å². The molecule has 1 aliphatic heterocycles. The van der Waals surface area contributed by atoms with E-state index in [1.807, 2.05) is 24.3 Å². The Bertz CT molecular complexity index is 414. The van der Waals surface area contributed by atoms with E-state index in [1.165, 1.54) is 5.56 Å². The summed E-state index contributed by atoms with van der Waals surface area (Å²) in [4.78, 5) is 0. The lowest BCUT2D eigenvalue weighted by Gasteiger charge is -2.32. The van der Waals surface area contributed by atoms with Crippen molar-refractivity contribution in [2.24, 2.45) is 5.92 Å². The Labute approximate surface area is 112 Å². The summed E-state index contributed by atoms with van der Waals surface area (Å²) >= 11 is 0. The van der Waals surface area contributed by atoms with Crippen LogP contribution in [0, 0.1) is 5.92 Å². The van der Waals surface area contributed by atoms with Crippen molar-refractivity contribution in [1.29, 1.82) is 0 Å². The van der Waals surface area contributed by atoms with Crippen molar-refractivity contribution >= 4 is 0 Å². The minimum atomic E-state index is -4.07. The van der Waals surface area contributed by atoms with Crippen LogP contribution in [0.4, 0.5) is 13.2 Å². The summed E-state index contributed by atoms with van der Waals surface area (Å²) in [5, 5.41) is 3.21. The lowest BCUT2D eigenvalue weighted by atomic mass is 9.87. The summed E-state index contributed by atoms with van der Waals surface area (Å²) < 4.78 is 38.4. The van der Waals surface area contributed by atoms with Crippen molar-refractivity contribution in [3.8, 4) is 0 Å². The second-order valence-electron chi connectivity index (χ2n) is 5.26. The monoisotopic (exact) mass is 271 g/mol. The molecule has 1 aliphatic rings. The van der Waals surface area contributed by atoms with E-state index in [0.717, 1.165) is 18.4 Å². The van der Waals surface area contributed by atoms with Crippen molar-refractivity contribution in [3.63, 3.8) is 0 Å². The highest BCUT2D eigenvalue weighted by molar-refractivity contribution is 5.26. The van der Waals surface area contributed by atoms with Crippen LogP contribution in [-0.4, -0.2) is 12.7 Å². The largest absolute Gasteiger partial charge is 0.391 e. The van der Waals surface area contributed by atoms with Crippen molar-refractivity contribution in [3.05, 3.63) is 35.4 Å². The molecule has 0 aromatic heterocycles. The number of rotatable bonds is 3. The molecular weight excluding hydrogens is 251 g/mol.